The van der Waals surface area contributed by atoms with Crippen LogP contribution in [0, 0.1) is 5.82 Å². The molecule has 0 spiro atoms. The number of anilines is 2. The zero-order valence-electron chi connectivity index (χ0n) is 10.6. The molecule has 0 aliphatic carbocycles. The third-order valence-electron chi connectivity index (χ3n) is 2.85. The molecule has 0 amide bonds. The van der Waals surface area contributed by atoms with Gasteiger partial charge in [-0.3, -0.25) is 0 Å². The summed E-state index contributed by atoms with van der Waals surface area (Å²) in [7, 11) is 3.81. The Morgan fingerprint density at radius 2 is 2.22 bits per heavy atom. The van der Waals surface area contributed by atoms with Gasteiger partial charge in [0.05, 0.1) is 0 Å². The maximum atomic E-state index is 13.2. The highest BCUT2D eigenvalue weighted by atomic mass is 32.1. The van der Waals surface area contributed by atoms with Crippen LogP contribution in [0.15, 0.2) is 30.5 Å². The molecule has 0 fully saturated rings. The number of nitrogens with zero attached hydrogens (tertiary/aromatic N) is 2. The first-order chi connectivity index (χ1) is 8.61. The number of halogens is 1. The summed E-state index contributed by atoms with van der Waals surface area (Å²) in [6, 6.07) is 6.78. The summed E-state index contributed by atoms with van der Waals surface area (Å²) in [5.41, 5.74) is 0.799. The molecule has 2 aromatic rings. The zero-order chi connectivity index (χ0) is 13.1. The third kappa shape index (κ3) is 2.68. The average molecular weight is 265 g/mol. The van der Waals surface area contributed by atoms with Crippen LogP contribution in [0.3, 0.4) is 0 Å². The standard InChI is InChI=1S/C13H16FN3S/c1-9(15-2)12-8-16-13(18-12)17(3)11-6-4-5-10(14)7-11/h4-9,15H,1-3H3. The van der Waals surface area contributed by atoms with Gasteiger partial charge in [0.2, 0.25) is 0 Å². The fourth-order valence-electron chi connectivity index (χ4n) is 1.57. The lowest BCUT2D eigenvalue weighted by atomic mass is 10.3. The summed E-state index contributed by atoms with van der Waals surface area (Å²) in [6.45, 7) is 2.08. The SMILES string of the molecule is CNC(C)c1cnc(N(C)c2cccc(F)c2)s1. The van der Waals surface area contributed by atoms with E-state index >= 15 is 0 Å². The van der Waals surface area contributed by atoms with Crippen LogP contribution in [0.1, 0.15) is 17.8 Å². The molecular formula is C13H16FN3S. The third-order valence-corrected chi connectivity index (χ3v) is 4.11. The van der Waals surface area contributed by atoms with Crippen LogP contribution in [0.25, 0.3) is 0 Å². The molecule has 5 heteroatoms. The van der Waals surface area contributed by atoms with E-state index in [-0.39, 0.29) is 11.9 Å². The highest BCUT2D eigenvalue weighted by Gasteiger charge is 2.12. The first-order valence-corrected chi connectivity index (χ1v) is 6.55. The number of hydrogen-bond acceptors (Lipinski definition) is 4. The minimum atomic E-state index is -0.236. The summed E-state index contributed by atoms with van der Waals surface area (Å²) in [5.74, 6) is -0.236. The van der Waals surface area contributed by atoms with E-state index in [1.807, 2.05) is 31.3 Å². The van der Waals surface area contributed by atoms with Gasteiger partial charge in [0, 0.05) is 29.9 Å². The molecule has 1 atom stereocenters. The Hall–Kier alpha value is -1.46. The molecule has 0 aliphatic heterocycles. The lowest BCUT2D eigenvalue weighted by Gasteiger charge is -2.15. The van der Waals surface area contributed by atoms with Crippen LogP contribution in [-0.2, 0) is 0 Å². The van der Waals surface area contributed by atoms with Crippen molar-refractivity contribution in [2.45, 2.75) is 13.0 Å². The van der Waals surface area contributed by atoms with Gasteiger partial charge < -0.3 is 10.2 Å². The molecule has 2 rings (SSSR count). The predicted molar refractivity (Wildman–Crippen MR) is 74.1 cm³/mol. The number of aromatic nitrogens is 1. The van der Waals surface area contributed by atoms with Crippen molar-refractivity contribution in [1.29, 1.82) is 0 Å². The van der Waals surface area contributed by atoms with Crippen molar-refractivity contribution in [2.24, 2.45) is 0 Å². The van der Waals surface area contributed by atoms with Gasteiger partial charge in [-0.2, -0.15) is 0 Å². The highest BCUT2D eigenvalue weighted by molar-refractivity contribution is 7.15. The molecule has 0 saturated carbocycles. The Kier molecular flexibility index (Phi) is 3.93. The molecule has 0 bridgehead atoms. The molecule has 1 N–H and O–H groups in total. The molecule has 1 aromatic heterocycles. The molecule has 1 unspecified atom stereocenters. The average Bonchev–Trinajstić information content (AvgIpc) is 2.86. The minimum Gasteiger partial charge on any atom is -0.321 e. The lowest BCUT2D eigenvalue weighted by molar-refractivity contribution is 0.628. The van der Waals surface area contributed by atoms with Crippen LogP contribution in [-0.4, -0.2) is 19.1 Å². The Bertz CT molecular complexity index is 526. The summed E-state index contributed by atoms with van der Waals surface area (Å²) in [6.07, 6.45) is 1.86. The van der Waals surface area contributed by atoms with Gasteiger partial charge in [0.25, 0.3) is 0 Å². The summed E-state index contributed by atoms with van der Waals surface area (Å²) >= 11 is 1.60. The Labute approximate surface area is 110 Å². The van der Waals surface area contributed by atoms with E-state index in [9.17, 15) is 4.39 Å². The maximum Gasteiger partial charge on any atom is 0.189 e. The van der Waals surface area contributed by atoms with E-state index in [0.717, 1.165) is 15.7 Å². The normalized spacial score (nSPS) is 12.4. The van der Waals surface area contributed by atoms with Gasteiger partial charge in [-0.1, -0.05) is 17.4 Å². The van der Waals surface area contributed by atoms with E-state index in [2.05, 4.69) is 17.2 Å². The largest absolute Gasteiger partial charge is 0.321 e. The molecule has 96 valence electrons. The summed E-state index contributed by atoms with van der Waals surface area (Å²) in [5, 5.41) is 4.03. The highest BCUT2D eigenvalue weighted by Crippen LogP contribution is 2.30. The van der Waals surface area contributed by atoms with Crippen LogP contribution >= 0.6 is 11.3 Å². The van der Waals surface area contributed by atoms with Crippen molar-refractivity contribution < 1.29 is 4.39 Å². The molecule has 3 nitrogen and oxygen atoms in total. The quantitative estimate of drug-likeness (QED) is 0.919. The Balaban J connectivity index is 2.23. The monoisotopic (exact) mass is 265 g/mol. The predicted octanol–water partition coefficient (Wildman–Crippen LogP) is 3.33. The minimum absolute atomic E-state index is 0.236. The zero-order valence-corrected chi connectivity index (χ0v) is 11.5. The van der Waals surface area contributed by atoms with E-state index in [1.54, 1.807) is 17.4 Å². The van der Waals surface area contributed by atoms with Gasteiger partial charge in [-0.15, -0.1) is 0 Å². The van der Waals surface area contributed by atoms with Crippen LogP contribution in [0.2, 0.25) is 0 Å². The van der Waals surface area contributed by atoms with Crippen molar-refractivity contribution in [3.8, 4) is 0 Å². The summed E-state index contributed by atoms with van der Waals surface area (Å²) in [4.78, 5) is 7.42. The van der Waals surface area contributed by atoms with Gasteiger partial charge in [0.1, 0.15) is 5.82 Å². The van der Waals surface area contributed by atoms with Crippen molar-refractivity contribution in [2.75, 3.05) is 19.0 Å². The van der Waals surface area contributed by atoms with Gasteiger partial charge >= 0.3 is 0 Å². The van der Waals surface area contributed by atoms with Crippen LogP contribution in [0.4, 0.5) is 15.2 Å². The van der Waals surface area contributed by atoms with E-state index < -0.39 is 0 Å². The smallest absolute Gasteiger partial charge is 0.189 e. The number of rotatable bonds is 4. The number of thiazole rings is 1. The lowest BCUT2D eigenvalue weighted by Crippen LogP contribution is -2.10. The number of hydrogen-bond donors (Lipinski definition) is 1. The van der Waals surface area contributed by atoms with Crippen molar-refractivity contribution >= 4 is 22.2 Å². The van der Waals surface area contributed by atoms with Crippen molar-refractivity contribution in [3.05, 3.63) is 41.2 Å². The maximum absolute atomic E-state index is 13.2. The van der Waals surface area contributed by atoms with E-state index in [1.165, 1.54) is 12.1 Å². The van der Waals surface area contributed by atoms with Crippen LogP contribution < -0.4 is 10.2 Å². The first-order valence-electron chi connectivity index (χ1n) is 5.74. The van der Waals surface area contributed by atoms with Gasteiger partial charge in [-0.25, -0.2) is 9.37 Å². The molecular weight excluding hydrogens is 249 g/mol. The molecule has 0 aliphatic rings. The first kappa shape index (κ1) is 13.0. The molecule has 1 aromatic carbocycles. The molecule has 0 saturated heterocycles. The topological polar surface area (TPSA) is 28.2 Å². The van der Waals surface area contributed by atoms with Gasteiger partial charge in [0.15, 0.2) is 5.13 Å². The van der Waals surface area contributed by atoms with Crippen LogP contribution in [0.5, 0.6) is 0 Å². The summed E-state index contributed by atoms with van der Waals surface area (Å²) < 4.78 is 13.2. The Morgan fingerprint density at radius 3 is 2.89 bits per heavy atom. The molecule has 18 heavy (non-hydrogen) atoms. The second-order valence-electron chi connectivity index (χ2n) is 4.09. The van der Waals surface area contributed by atoms with Crippen molar-refractivity contribution in [1.82, 2.24) is 10.3 Å². The van der Waals surface area contributed by atoms with Gasteiger partial charge in [-0.05, 0) is 32.2 Å². The second kappa shape index (κ2) is 5.46. The fourth-order valence-corrected chi connectivity index (χ4v) is 2.53. The molecule has 1 heterocycles. The van der Waals surface area contributed by atoms with E-state index in [0.29, 0.717) is 0 Å². The van der Waals surface area contributed by atoms with E-state index in [4.69, 9.17) is 0 Å². The molecule has 0 radical (unpaired) electrons. The fraction of sp³-hybridized carbons (Fsp3) is 0.308. The number of benzene rings is 1. The van der Waals surface area contributed by atoms with Crippen molar-refractivity contribution in [3.63, 3.8) is 0 Å². The second-order valence-corrected chi connectivity index (χ2v) is 5.14. The Morgan fingerprint density at radius 1 is 1.44 bits per heavy atom. The number of nitrogens with one attached hydrogen (secondary N) is 1.